The van der Waals surface area contributed by atoms with Crippen LogP contribution in [0.5, 0.6) is 0 Å². The number of guanidine groups is 1. The highest BCUT2D eigenvalue weighted by atomic mass is 16.5. The number of nitrogens with one attached hydrogen (secondary N) is 2. The number of benzene rings is 1. The Labute approximate surface area is 132 Å². The number of hydrogen-bond acceptors (Lipinski definition) is 3. The molecule has 0 spiro atoms. The zero-order valence-electron chi connectivity index (χ0n) is 13.3. The average Bonchev–Trinajstić information content (AvgIpc) is 2.54. The molecule has 1 saturated heterocycles. The second kappa shape index (κ2) is 8.76. The largest absolute Gasteiger partial charge is 0.388 e. The molecular weight excluding hydrogens is 278 g/mol. The Morgan fingerprint density at radius 3 is 2.64 bits per heavy atom. The van der Waals surface area contributed by atoms with E-state index in [2.05, 4.69) is 39.9 Å². The molecule has 0 atom stereocenters. The molecule has 1 aromatic rings. The van der Waals surface area contributed by atoms with E-state index in [-0.39, 0.29) is 0 Å². The Balaban J connectivity index is 1.81. The fourth-order valence-corrected chi connectivity index (χ4v) is 2.45. The first-order valence-corrected chi connectivity index (χ1v) is 8.08. The first kappa shape index (κ1) is 16.8. The zero-order chi connectivity index (χ0) is 15.7. The Hall–Kier alpha value is -1.59. The van der Waals surface area contributed by atoms with E-state index in [4.69, 9.17) is 4.74 Å². The molecule has 1 aromatic carbocycles. The van der Waals surface area contributed by atoms with Gasteiger partial charge in [-0.2, -0.15) is 0 Å². The molecular formula is C17H27N3O2. The van der Waals surface area contributed by atoms with Crippen molar-refractivity contribution in [3.63, 3.8) is 0 Å². The summed E-state index contributed by atoms with van der Waals surface area (Å²) < 4.78 is 5.29. The summed E-state index contributed by atoms with van der Waals surface area (Å²) >= 11 is 0. The fourth-order valence-electron chi connectivity index (χ4n) is 2.45. The fraction of sp³-hybridized carbons (Fsp3) is 0.588. The number of ether oxygens (including phenoxy) is 1. The number of aliphatic imine (C=N–C) groups is 1. The third-order valence-corrected chi connectivity index (χ3v) is 3.85. The summed E-state index contributed by atoms with van der Waals surface area (Å²) in [7, 11) is 0. The highest BCUT2D eigenvalue weighted by molar-refractivity contribution is 5.79. The van der Waals surface area contributed by atoms with Crippen molar-refractivity contribution in [1.29, 1.82) is 0 Å². The maximum Gasteiger partial charge on any atom is 0.191 e. The quantitative estimate of drug-likeness (QED) is 0.548. The number of aliphatic hydroxyl groups is 1. The summed E-state index contributed by atoms with van der Waals surface area (Å²) in [6.45, 7) is 5.30. The van der Waals surface area contributed by atoms with Crippen LogP contribution in [0.15, 0.2) is 35.3 Å². The van der Waals surface area contributed by atoms with Crippen LogP contribution in [0.25, 0.3) is 0 Å². The molecule has 1 fully saturated rings. The van der Waals surface area contributed by atoms with Crippen LogP contribution in [0.4, 0.5) is 0 Å². The number of nitrogens with zero attached hydrogens (tertiary/aromatic N) is 1. The van der Waals surface area contributed by atoms with Crippen LogP contribution in [-0.2, 0) is 11.2 Å². The minimum Gasteiger partial charge on any atom is -0.388 e. The van der Waals surface area contributed by atoms with Crippen LogP contribution in [0.3, 0.4) is 0 Å². The number of hydrogen-bond donors (Lipinski definition) is 3. The molecule has 2 rings (SSSR count). The van der Waals surface area contributed by atoms with Gasteiger partial charge in [0, 0.05) is 39.1 Å². The van der Waals surface area contributed by atoms with E-state index < -0.39 is 5.60 Å². The smallest absolute Gasteiger partial charge is 0.191 e. The van der Waals surface area contributed by atoms with Gasteiger partial charge in [0.2, 0.25) is 0 Å². The monoisotopic (exact) mass is 305 g/mol. The van der Waals surface area contributed by atoms with E-state index in [1.165, 1.54) is 5.56 Å². The normalized spacial score (nSPS) is 18.0. The Kier molecular flexibility index (Phi) is 6.68. The van der Waals surface area contributed by atoms with Crippen molar-refractivity contribution in [2.45, 2.75) is 31.8 Å². The minimum atomic E-state index is -0.722. The Bertz CT molecular complexity index is 456. The van der Waals surface area contributed by atoms with E-state index in [1.54, 1.807) is 0 Å². The lowest BCUT2D eigenvalue weighted by molar-refractivity contribution is -0.0565. The molecule has 0 amide bonds. The third kappa shape index (κ3) is 5.66. The summed E-state index contributed by atoms with van der Waals surface area (Å²) in [5, 5.41) is 17.0. The first-order valence-electron chi connectivity index (χ1n) is 8.08. The highest BCUT2D eigenvalue weighted by Crippen LogP contribution is 2.20. The third-order valence-electron chi connectivity index (χ3n) is 3.85. The van der Waals surface area contributed by atoms with Crippen molar-refractivity contribution >= 4 is 5.96 Å². The minimum absolute atomic E-state index is 0.414. The maximum absolute atomic E-state index is 10.4. The maximum atomic E-state index is 10.4. The molecule has 122 valence electrons. The van der Waals surface area contributed by atoms with Crippen LogP contribution in [0.2, 0.25) is 0 Å². The van der Waals surface area contributed by atoms with Crippen LogP contribution in [0.1, 0.15) is 25.3 Å². The molecule has 0 aliphatic carbocycles. The second-order valence-electron chi connectivity index (χ2n) is 5.69. The Morgan fingerprint density at radius 1 is 1.23 bits per heavy atom. The van der Waals surface area contributed by atoms with Gasteiger partial charge in [-0.3, -0.25) is 4.99 Å². The van der Waals surface area contributed by atoms with Gasteiger partial charge in [0.15, 0.2) is 5.96 Å². The molecule has 5 heteroatoms. The topological polar surface area (TPSA) is 65.9 Å². The van der Waals surface area contributed by atoms with E-state index in [0.717, 1.165) is 25.5 Å². The molecule has 0 unspecified atom stereocenters. The van der Waals surface area contributed by atoms with E-state index in [0.29, 0.717) is 32.6 Å². The summed E-state index contributed by atoms with van der Waals surface area (Å²) in [5.41, 5.74) is 0.578. The van der Waals surface area contributed by atoms with Crippen molar-refractivity contribution in [3.05, 3.63) is 35.9 Å². The van der Waals surface area contributed by atoms with Gasteiger partial charge in [0.05, 0.1) is 12.1 Å². The molecule has 1 heterocycles. The average molecular weight is 305 g/mol. The van der Waals surface area contributed by atoms with Gasteiger partial charge in [0.1, 0.15) is 0 Å². The molecule has 5 nitrogen and oxygen atoms in total. The van der Waals surface area contributed by atoms with Crippen molar-refractivity contribution in [3.8, 4) is 0 Å². The van der Waals surface area contributed by atoms with Gasteiger partial charge in [-0.1, -0.05) is 30.3 Å². The first-order chi connectivity index (χ1) is 10.7. The second-order valence-corrected chi connectivity index (χ2v) is 5.69. The predicted octanol–water partition coefficient (Wildman–Crippen LogP) is 1.33. The standard InChI is InChI=1S/C17H27N3O2/c1-2-18-16(19-11-8-15-6-4-3-5-7-15)20-14-17(21)9-12-22-13-10-17/h3-7,21H,2,8-14H2,1H3,(H2,18,19,20). The molecule has 1 aliphatic rings. The SMILES string of the molecule is CCNC(=NCC1(O)CCOCC1)NCCc1ccccc1. The lowest BCUT2D eigenvalue weighted by Crippen LogP contribution is -2.43. The molecule has 0 radical (unpaired) electrons. The summed E-state index contributed by atoms with van der Waals surface area (Å²) in [4.78, 5) is 4.53. The van der Waals surface area contributed by atoms with Crippen LogP contribution >= 0.6 is 0 Å². The van der Waals surface area contributed by atoms with Gasteiger partial charge >= 0.3 is 0 Å². The van der Waals surface area contributed by atoms with E-state index in [9.17, 15) is 5.11 Å². The van der Waals surface area contributed by atoms with Gasteiger partial charge in [-0.15, -0.1) is 0 Å². The predicted molar refractivity (Wildman–Crippen MR) is 89.1 cm³/mol. The van der Waals surface area contributed by atoms with Gasteiger partial charge in [0.25, 0.3) is 0 Å². The summed E-state index contributed by atoms with van der Waals surface area (Å²) in [5.74, 6) is 0.762. The Morgan fingerprint density at radius 2 is 1.95 bits per heavy atom. The van der Waals surface area contributed by atoms with Crippen molar-refractivity contribution in [1.82, 2.24) is 10.6 Å². The van der Waals surface area contributed by atoms with E-state index >= 15 is 0 Å². The molecule has 22 heavy (non-hydrogen) atoms. The number of rotatable bonds is 6. The highest BCUT2D eigenvalue weighted by Gasteiger charge is 2.29. The van der Waals surface area contributed by atoms with Crippen LogP contribution < -0.4 is 10.6 Å². The molecule has 0 aromatic heterocycles. The lowest BCUT2D eigenvalue weighted by Gasteiger charge is -2.30. The van der Waals surface area contributed by atoms with Gasteiger partial charge in [-0.05, 0) is 18.9 Å². The van der Waals surface area contributed by atoms with E-state index in [1.807, 2.05) is 13.0 Å². The van der Waals surface area contributed by atoms with Crippen LogP contribution in [0, 0.1) is 0 Å². The molecule has 3 N–H and O–H groups in total. The lowest BCUT2D eigenvalue weighted by atomic mass is 9.95. The van der Waals surface area contributed by atoms with Crippen molar-refractivity contribution in [2.24, 2.45) is 4.99 Å². The zero-order valence-corrected chi connectivity index (χ0v) is 13.3. The van der Waals surface area contributed by atoms with Gasteiger partial charge in [-0.25, -0.2) is 0 Å². The molecule has 1 aliphatic heterocycles. The summed E-state index contributed by atoms with van der Waals surface area (Å²) in [6, 6.07) is 10.4. The van der Waals surface area contributed by atoms with Crippen molar-refractivity contribution < 1.29 is 9.84 Å². The van der Waals surface area contributed by atoms with Crippen molar-refractivity contribution in [2.75, 3.05) is 32.8 Å². The molecule has 0 bridgehead atoms. The van der Waals surface area contributed by atoms with Gasteiger partial charge < -0.3 is 20.5 Å². The molecule has 0 saturated carbocycles. The van der Waals surface area contributed by atoms with Crippen LogP contribution in [-0.4, -0.2) is 49.5 Å². The summed E-state index contributed by atoms with van der Waals surface area (Å²) in [6.07, 6.45) is 2.25.